The van der Waals surface area contributed by atoms with E-state index in [0.29, 0.717) is 10.0 Å². The van der Waals surface area contributed by atoms with Gasteiger partial charge in [-0.05, 0) is 43.0 Å². The van der Waals surface area contributed by atoms with Crippen LogP contribution in [0.15, 0.2) is 29.6 Å². The van der Waals surface area contributed by atoms with Gasteiger partial charge in [-0.15, -0.1) is 11.3 Å². The molecule has 90 valence electrons. The molecule has 4 heteroatoms. The molecule has 2 rings (SSSR count). The molecular formula is C13H13Cl2NS. The molecule has 2 aromatic rings. The van der Waals surface area contributed by atoms with Gasteiger partial charge in [-0.3, -0.25) is 0 Å². The minimum Gasteiger partial charge on any atom is -0.375 e. The third kappa shape index (κ3) is 2.76. The molecule has 0 saturated carbocycles. The Hall–Kier alpha value is -0.700. The van der Waals surface area contributed by atoms with Crippen molar-refractivity contribution in [3.05, 3.63) is 50.1 Å². The van der Waals surface area contributed by atoms with Gasteiger partial charge in [0.2, 0.25) is 0 Å². The summed E-state index contributed by atoms with van der Waals surface area (Å²) in [6, 6.07) is 7.84. The first-order chi connectivity index (χ1) is 8.09. The molecule has 1 N–H and O–H groups in total. The van der Waals surface area contributed by atoms with Crippen LogP contribution < -0.4 is 5.32 Å². The van der Waals surface area contributed by atoms with Gasteiger partial charge in [0.15, 0.2) is 0 Å². The van der Waals surface area contributed by atoms with Crippen molar-refractivity contribution in [1.82, 2.24) is 0 Å². The molecule has 0 aliphatic carbocycles. The Kier molecular flexibility index (Phi) is 3.97. The summed E-state index contributed by atoms with van der Waals surface area (Å²) in [5.41, 5.74) is 2.09. The summed E-state index contributed by atoms with van der Waals surface area (Å²) in [5.74, 6) is 0. The van der Waals surface area contributed by atoms with Crippen molar-refractivity contribution in [3.63, 3.8) is 0 Å². The van der Waals surface area contributed by atoms with Crippen molar-refractivity contribution in [2.45, 2.75) is 19.9 Å². The lowest BCUT2D eigenvalue weighted by Gasteiger charge is -2.17. The van der Waals surface area contributed by atoms with Crippen LogP contribution >= 0.6 is 34.5 Å². The predicted octanol–water partition coefficient (Wildman–Crippen LogP) is 5.54. The fourth-order valence-electron chi connectivity index (χ4n) is 1.75. The average Bonchev–Trinajstić information content (AvgIpc) is 2.70. The van der Waals surface area contributed by atoms with Gasteiger partial charge < -0.3 is 5.32 Å². The molecule has 17 heavy (non-hydrogen) atoms. The number of hydrogen-bond donors (Lipinski definition) is 1. The molecule has 0 aliphatic heterocycles. The molecule has 0 amide bonds. The second kappa shape index (κ2) is 5.30. The highest BCUT2D eigenvalue weighted by molar-refractivity contribution is 7.10. The number of benzene rings is 1. The first-order valence-corrected chi connectivity index (χ1v) is 6.97. The van der Waals surface area contributed by atoms with Gasteiger partial charge in [0, 0.05) is 4.88 Å². The maximum absolute atomic E-state index is 6.13. The topological polar surface area (TPSA) is 12.0 Å². The van der Waals surface area contributed by atoms with Crippen LogP contribution in [0.3, 0.4) is 0 Å². The number of aryl methyl sites for hydroxylation is 1. The van der Waals surface area contributed by atoms with Gasteiger partial charge >= 0.3 is 0 Å². The summed E-state index contributed by atoms with van der Waals surface area (Å²) in [5, 5.41) is 6.77. The molecule has 1 aromatic carbocycles. The van der Waals surface area contributed by atoms with Crippen LogP contribution in [0.1, 0.15) is 23.4 Å². The third-order valence-corrected chi connectivity index (χ3v) is 4.45. The summed E-state index contributed by atoms with van der Waals surface area (Å²) < 4.78 is 0. The monoisotopic (exact) mass is 285 g/mol. The summed E-state index contributed by atoms with van der Waals surface area (Å²) in [6.07, 6.45) is 0. The number of anilines is 1. The Morgan fingerprint density at radius 3 is 2.35 bits per heavy atom. The van der Waals surface area contributed by atoms with Gasteiger partial charge in [-0.25, -0.2) is 0 Å². The first-order valence-electron chi connectivity index (χ1n) is 5.34. The fourth-order valence-corrected chi connectivity index (χ4v) is 3.19. The summed E-state index contributed by atoms with van der Waals surface area (Å²) >= 11 is 14.0. The molecule has 0 bridgehead atoms. The predicted molar refractivity (Wildman–Crippen MR) is 77.6 cm³/mol. The Bertz CT molecular complexity index is 502. The van der Waals surface area contributed by atoms with Crippen molar-refractivity contribution in [1.29, 1.82) is 0 Å². The number of nitrogens with one attached hydrogen (secondary N) is 1. The van der Waals surface area contributed by atoms with Crippen molar-refractivity contribution in [2.75, 3.05) is 5.32 Å². The molecule has 1 atom stereocenters. The molecule has 0 radical (unpaired) electrons. The Labute approximate surface area is 115 Å². The average molecular weight is 286 g/mol. The number of hydrogen-bond acceptors (Lipinski definition) is 2. The minimum atomic E-state index is 0.201. The number of rotatable bonds is 3. The van der Waals surface area contributed by atoms with E-state index in [0.717, 1.165) is 5.69 Å². The highest BCUT2D eigenvalue weighted by Gasteiger charge is 2.13. The van der Waals surface area contributed by atoms with Gasteiger partial charge in [0.1, 0.15) is 0 Å². The molecule has 1 unspecified atom stereocenters. The van der Waals surface area contributed by atoms with E-state index < -0.39 is 0 Å². The van der Waals surface area contributed by atoms with Gasteiger partial charge in [0.25, 0.3) is 0 Å². The van der Waals surface area contributed by atoms with Gasteiger partial charge in [-0.1, -0.05) is 29.3 Å². The number of para-hydroxylation sites is 1. The zero-order valence-corrected chi connectivity index (χ0v) is 12.0. The highest BCUT2D eigenvalue weighted by Crippen LogP contribution is 2.34. The van der Waals surface area contributed by atoms with Crippen molar-refractivity contribution in [3.8, 4) is 0 Å². The smallest absolute Gasteiger partial charge is 0.0723 e. The van der Waals surface area contributed by atoms with Crippen LogP contribution in [0.5, 0.6) is 0 Å². The molecule has 1 aromatic heterocycles. The molecule has 1 heterocycles. The normalized spacial score (nSPS) is 12.5. The van der Waals surface area contributed by atoms with Gasteiger partial charge in [0.05, 0.1) is 21.8 Å². The van der Waals surface area contributed by atoms with Crippen molar-refractivity contribution < 1.29 is 0 Å². The number of halogens is 2. The van der Waals surface area contributed by atoms with Crippen LogP contribution in [0, 0.1) is 6.92 Å². The van der Waals surface area contributed by atoms with E-state index >= 15 is 0 Å². The van der Waals surface area contributed by atoms with E-state index in [1.807, 2.05) is 18.2 Å². The van der Waals surface area contributed by atoms with Crippen LogP contribution in [0.25, 0.3) is 0 Å². The lowest BCUT2D eigenvalue weighted by atomic mass is 10.2. The van der Waals surface area contributed by atoms with E-state index in [-0.39, 0.29) is 6.04 Å². The van der Waals surface area contributed by atoms with Crippen LogP contribution in [-0.4, -0.2) is 0 Å². The SMILES string of the molecule is Cc1ccsc1C(C)Nc1c(Cl)cccc1Cl. The van der Waals surface area contributed by atoms with E-state index in [4.69, 9.17) is 23.2 Å². The zero-order valence-electron chi connectivity index (χ0n) is 9.63. The van der Waals surface area contributed by atoms with Crippen LogP contribution in [0.2, 0.25) is 10.0 Å². The first kappa shape index (κ1) is 12.7. The molecular weight excluding hydrogens is 273 g/mol. The fraction of sp³-hybridized carbons (Fsp3) is 0.231. The van der Waals surface area contributed by atoms with E-state index in [1.54, 1.807) is 11.3 Å². The third-order valence-electron chi connectivity index (χ3n) is 2.62. The molecule has 0 fully saturated rings. The Morgan fingerprint density at radius 2 is 1.82 bits per heavy atom. The van der Waals surface area contributed by atoms with E-state index in [1.165, 1.54) is 10.4 Å². The molecule has 0 spiro atoms. The van der Waals surface area contributed by atoms with Crippen LogP contribution in [0.4, 0.5) is 5.69 Å². The van der Waals surface area contributed by atoms with Gasteiger partial charge in [-0.2, -0.15) is 0 Å². The highest BCUT2D eigenvalue weighted by atomic mass is 35.5. The Balaban J connectivity index is 2.25. The second-order valence-corrected chi connectivity index (χ2v) is 5.69. The minimum absolute atomic E-state index is 0.201. The largest absolute Gasteiger partial charge is 0.375 e. The van der Waals surface area contributed by atoms with Crippen LogP contribution in [-0.2, 0) is 0 Å². The molecule has 0 aliphatic rings. The lowest BCUT2D eigenvalue weighted by molar-refractivity contribution is 0.899. The standard InChI is InChI=1S/C13H13Cl2NS/c1-8-6-7-17-13(8)9(2)16-12-10(14)4-3-5-11(12)15/h3-7,9,16H,1-2H3. The Morgan fingerprint density at radius 1 is 1.18 bits per heavy atom. The van der Waals surface area contributed by atoms with Crippen molar-refractivity contribution in [2.24, 2.45) is 0 Å². The second-order valence-electron chi connectivity index (χ2n) is 3.93. The summed E-state index contributed by atoms with van der Waals surface area (Å²) in [7, 11) is 0. The summed E-state index contributed by atoms with van der Waals surface area (Å²) in [6.45, 7) is 4.22. The zero-order chi connectivity index (χ0) is 12.4. The quantitative estimate of drug-likeness (QED) is 0.781. The molecule has 0 saturated heterocycles. The molecule has 1 nitrogen and oxygen atoms in total. The number of thiophene rings is 1. The van der Waals surface area contributed by atoms with E-state index in [9.17, 15) is 0 Å². The maximum Gasteiger partial charge on any atom is 0.0723 e. The van der Waals surface area contributed by atoms with E-state index in [2.05, 4.69) is 30.6 Å². The van der Waals surface area contributed by atoms with Crippen molar-refractivity contribution >= 4 is 40.2 Å². The maximum atomic E-state index is 6.13. The lowest BCUT2D eigenvalue weighted by Crippen LogP contribution is -2.06. The summed E-state index contributed by atoms with van der Waals surface area (Å²) in [4.78, 5) is 1.31.